The summed E-state index contributed by atoms with van der Waals surface area (Å²) < 4.78 is 60.3. The van der Waals surface area contributed by atoms with Crippen molar-refractivity contribution in [3.05, 3.63) is 255 Å². The van der Waals surface area contributed by atoms with Crippen LogP contribution in [0.15, 0.2) is 185 Å². The van der Waals surface area contributed by atoms with Crippen LogP contribution >= 0.6 is 0 Å². The van der Waals surface area contributed by atoms with Gasteiger partial charge in [0.1, 0.15) is 57.5 Å². The van der Waals surface area contributed by atoms with Crippen LogP contribution in [0.4, 0.5) is 17.6 Å². The number of hydrogen-bond donors (Lipinski definition) is 2. The highest BCUT2D eigenvalue weighted by Crippen LogP contribution is 2.37. The maximum Gasteiger partial charge on any atom is 0.274 e. The van der Waals surface area contributed by atoms with Crippen molar-refractivity contribution in [1.82, 2.24) is 108 Å². The van der Waals surface area contributed by atoms with Crippen molar-refractivity contribution in [1.29, 1.82) is 0 Å². The fourth-order valence-electron chi connectivity index (χ4n) is 19.5. The Kier molecular flexibility index (Phi) is 29.5. The Bertz CT molecular complexity index is 7200. The number of aromatic amines is 1. The lowest BCUT2D eigenvalue weighted by molar-refractivity contribution is -0.139. The molecule has 33 nitrogen and oxygen atoms in total. The Morgan fingerprint density at radius 3 is 0.912 bits per heavy atom. The second-order valence-corrected chi connectivity index (χ2v) is 42.8. The van der Waals surface area contributed by atoms with Gasteiger partial charge in [-0.05, 0) is 253 Å². The minimum Gasteiger partial charge on any atom is -0.390 e. The van der Waals surface area contributed by atoms with Crippen molar-refractivity contribution in [2.45, 2.75) is 203 Å². The molecule has 4 saturated heterocycles. The average molecular weight is 2000 g/mol. The summed E-state index contributed by atoms with van der Waals surface area (Å²) in [5, 5.41) is 35.6. The maximum absolute atomic E-state index is 13.7. The number of hydrogen-bond acceptors (Lipinski definition) is 20. The summed E-state index contributed by atoms with van der Waals surface area (Å²) in [7, 11) is 0. The molecule has 19 rings (SSSR count). The smallest absolute Gasteiger partial charge is 0.274 e. The summed E-state index contributed by atoms with van der Waals surface area (Å²) in [5.41, 5.74) is 13.8. The zero-order chi connectivity index (χ0) is 106. The lowest BCUT2D eigenvalue weighted by Gasteiger charge is -2.47. The summed E-state index contributed by atoms with van der Waals surface area (Å²) in [4.78, 5) is 148. The molecule has 0 radical (unpaired) electrons. The number of nitrogens with zero attached hydrogens (tertiary/aromatic N) is 23. The van der Waals surface area contributed by atoms with E-state index in [1.807, 2.05) is 126 Å². The third-order valence-electron chi connectivity index (χ3n) is 27.5. The van der Waals surface area contributed by atoms with Crippen LogP contribution in [-0.4, -0.2) is 291 Å². The van der Waals surface area contributed by atoms with E-state index in [9.17, 15) is 61.0 Å². The first kappa shape index (κ1) is 105. The molecule has 37 heteroatoms. The van der Waals surface area contributed by atoms with Crippen LogP contribution in [0.2, 0.25) is 0 Å². The quantitative estimate of drug-likeness (QED) is 0.0800. The van der Waals surface area contributed by atoms with Gasteiger partial charge in [-0.25, -0.2) is 55.6 Å². The summed E-state index contributed by atoms with van der Waals surface area (Å²) in [6, 6.07) is 34.2. The highest BCUT2D eigenvalue weighted by Gasteiger charge is 2.46. The van der Waals surface area contributed by atoms with Gasteiger partial charge in [0.15, 0.2) is 22.6 Å². The molecule has 2 N–H and O–H groups in total. The van der Waals surface area contributed by atoms with Gasteiger partial charge >= 0.3 is 0 Å². The van der Waals surface area contributed by atoms with Gasteiger partial charge in [-0.3, -0.25) is 53.4 Å². The fourth-order valence-corrected chi connectivity index (χ4v) is 19.5. The van der Waals surface area contributed by atoms with E-state index in [4.69, 9.17) is 9.97 Å². The highest BCUT2D eigenvalue weighted by molar-refractivity contribution is 6.45. The van der Waals surface area contributed by atoms with E-state index in [1.54, 1.807) is 150 Å². The summed E-state index contributed by atoms with van der Waals surface area (Å²) in [6.45, 7) is 46.7. The Morgan fingerprint density at radius 1 is 0.367 bits per heavy atom. The summed E-state index contributed by atoms with van der Waals surface area (Å²) in [5.74, 6) is -1.95. The zero-order valence-corrected chi connectivity index (χ0v) is 87.0. The number of halogens is 4. The van der Waals surface area contributed by atoms with Crippen LogP contribution in [0.5, 0.6) is 0 Å². The third-order valence-corrected chi connectivity index (χ3v) is 27.5. The number of carbonyl (C=O) groups is 8. The van der Waals surface area contributed by atoms with Gasteiger partial charge in [-0.15, -0.1) is 0 Å². The molecule has 0 aliphatic carbocycles. The maximum atomic E-state index is 13.7. The molecule has 0 atom stereocenters. The molecule has 768 valence electrons. The standard InChI is InChI=1S/2C28H31FN6O2.C27H30FN7O2.C27H34FN5O3/c1-17(2)22-14-23(19-6-8-20(29)9-7-19)32-35-15-24(31-25(22)35)27(37)34-13-12-33(16-28(34,4)5)26(36)21-10-11-30-18(21)3;1-17(2)21-14-22(19-6-8-20(29)9-7-19)32-35-15-23(31-25(21)35)26(36)34-13-12-33(16-28(34,4)5)27(37)24-18(3)10-11-30-24;1-16(2)20-13-21(18-6-8-19(28)9-7-18)32-35-14-23(29-24(20)35)26(37)34-11-10-33(15-27(34,4)5)25(36)22-12-17(3)30-31-22;1-17(2)20-13-21(18-7-9-19(28)10-8-18)30-33-15-22(29-24(20)33)25(35)32-12-11-31(16-26(32,3)4)23(34)14-27(5,6)36/h2*6-10,14-15,17H,11-13,16H2,1-5H3;6-9,12-14,16H,10-11,15H2,1-5H3,(H,30,31);7-10,13,15,17,36H,11-12,14,16H2,1-6H3. The number of carbonyl (C=O) groups excluding carboxylic acids is 8. The molecule has 4 fully saturated rings. The topological polar surface area (TPSA) is 357 Å². The molecule has 0 spiro atoms. The van der Waals surface area contributed by atoms with Crippen LogP contribution in [0.25, 0.3) is 67.6 Å². The third kappa shape index (κ3) is 22.5. The van der Waals surface area contributed by atoms with Crippen LogP contribution in [0.3, 0.4) is 0 Å². The molecule has 15 heterocycles. The van der Waals surface area contributed by atoms with Gasteiger partial charge < -0.3 is 44.3 Å². The summed E-state index contributed by atoms with van der Waals surface area (Å²) in [6.07, 6.45) is 10.4. The van der Waals surface area contributed by atoms with Gasteiger partial charge in [0.25, 0.3) is 41.4 Å². The van der Waals surface area contributed by atoms with Crippen molar-refractivity contribution in [2.24, 2.45) is 9.98 Å². The summed E-state index contributed by atoms with van der Waals surface area (Å²) >= 11 is 0. The first-order valence-electron chi connectivity index (χ1n) is 49.6. The molecule has 8 amide bonds. The number of aliphatic hydroxyl groups is 1. The number of aryl methyl sites for hydroxylation is 1. The van der Waals surface area contributed by atoms with Gasteiger partial charge in [-0.1, -0.05) is 61.5 Å². The number of fused-ring (bicyclic) bond motifs is 4. The van der Waals surface area contributed by atoms with E-state index in [1.165, 1.54) is 48.5 Å². The molecule has 9 aromatic heterocycles. The monoisotopic (exact) mass is 2000 g/mol. The van der Waals surface area contributed by atoms with Gasteiger partial charge in [0, 0.05) is 134 Å². The van der Waals surface area contributed by atoms with Crippen LogP contribution in [0.1, 0.15) is 249 Å². The Morgan fingerprint density at radius 2 is 0.653 bits per heavy atom. The molecule has 6 aliphatic heterocycles. The lowest BCUT2D eigenvalue weighted by atomic mass is 9.96. The predicted molar refractivity (Wildman–Crippen MR) is 552 cm³/mol. The Labute approximate surface area is 850 Å². The highest BCUT2D eigenvalue weighted by atomic mass is 19.1. The molecular weight excluding hydrogens is 1880 g/mol. The number of imidazole rings is 4. The Balaban J connectivity index is 0.000000140. The molecule has 13 aromatic rings. The number of aromatic nitrogens is 14. The first-order valence-corrected chi connectivity index (χ1v) is 49.6. The number of aliphatic imine (C=N–C) groups is 2. The minimum absolute atomic E-state index is 0.0312. The molecule has 0 unspecified atom stereocenters. The van der Waals surface area contributed by atoms with Crippen molar-refractivity contribution in [2.75, 3.05) is 91.6 Å². The van der Waals surface area contributed by atoms with E-state index < -0.39 is 27.8 Å². The SMILES string of the molecule is CC(C)c1cc(-c2ccc(F)cc2)nn2cc(C(=O)N3CCN(C(=O)CC(C)(C)O)CC3(C)C)nc12.CC1=CCN=C1C(=O)N1CCN(C(=O)c2cn3nc(-c4ccc(F)cc4)cc(C(C)C)c3n2)C(C)(C)C1.CC1=NCC=C1C(=O)N1CCN(C(=O)c2cn3nc(-c4ccc(F)cc4)cc(C(C)C)c3n2)C(C)(C)C1.Cc1cc(C(=O)N2CCN(C(=O)c3cn4nc(-c5ccc(F)cc5)cc(C(C)C)c4n3)C(C)(C)C2)n[nH]1. The number of nitrogens with one attached hydrogen (secondary N) is 1. The zero-order valence-electron chi connectivity index (χ0n) is 87.0. The molecule has 0 saturated carbocycles. The van der Waals surface area contributed by atoms with Gasteiger partial charge in [-0.2, -0.15) is 25.5 Å². The van der Waals surface area contributed by atoms with Gasteiger partial charge in [0.2, 0.25) is 5.91 Å². The van der Waals surface area contributed by atoms with E-state index in [0.29, 0.717) is 171 Å². The van der Waals surface area contributed by atoms with Crippen molar-refractivity contribution in [3.8, 4) is 45.0 Å². The first-order chi connectivity index (χ1) is 69.4. The lowest BCUT2D eigenvalue weighted by Crippen LogP contribution is -2.62. The van der Waals surface area contributed by atoms with Crippen molar-refractivity contribution in [3.63, 3.8) is 0 Å². The molecule has 4 aromatic carbocycles. The average Bonchev–Trinajstić information content (AvgIpc) is 1.63. The number of benzene rings is 4. The van der Waals surface area contributed by atoms with Crippen molar-refractivity contribution >= 4 is 81.3 Å². The second-order valence-electron chi connectivity index (χ2n) is 42.8. The second kappa shape index (κ2) is 41.4. The fraction of sp³-hybridized carbons (Fsp3) is 0.409. The number of rotatable bonds is 17. The van der Waals surface area contributed by atoms with Gasteiger partial charge in [0.05, 0.1) is 100 Å². The van der Waals surface area contributed by atoms with Crippen LogP contribution in [0, 0.1) is 30.2 Å². The number of H-pyrrole nitrogens is 1. The molecular formula is C110H126F4N24O9. The predicted octanol–water partition coefficient (Wildman–Crippen LogP) is 16.2. The largest absolute Gasteiger partial charge is 0.390 e. The number of amides is 8. The van der Waals surface area contributed by atoms with Crippen LogP contribution in [-0.2, 0) is 14.4 Å². The minimum atomic E-state index is -1.08. The molecule has 0 bridgehead atoms. The van der Waals surface area contributed by atoms with E-state index in [0.717, 1.165) is 61.5 Å². The molecule has 6 aliphatic rings. The van der Waals surface area contributed by atoms with E-state index in [-0.39, 0.29) is 106 Å². The van der Waals surface area contributed by atoms with E-state index >= 15 is 0 Å². The normalized spacial score (nSPS) is 16.6. The van der Waals surface area contributed by atoms with Crippen molar-refractivity contribution < 1.29 is 61.0 Å². The molecule has 147 heavy (non-hydrogen) atoms. The van der Waals surface area contributed by atoms with Crippen LogP contribution < -0.4 is 0 Å². The van der Waals surface area contributed by atoms with E-state index in [2.05, 4.69) is 92.1 Å². The Hall–Kier alpha value is -15.2. The number of piperazine rings is 4.